The molecule has 0 amide bonds. The van der Waals surface area contributed by atoms with Crippen molar-refractivity contribution in [2.75, 3.05) is 0 Å². The molecule has 4 heteroatoms. The van der Waals surface area contributed by atoms with E-state index in [2.05, 4.69) is 173 Å². The van der Waals surface area contributed by atoms with Crippen LogP contribution < -0.4 is 0 Å². The zero-order valence-corrected chi connectivity index (χ0v) is 27.5. The Morgan fingerprint density at radius 1 is 0.392 bits per heavy atom. The highest BCUT2D eigenvalue weighted by molar-refractivity contribution is 6.24. The maximum Gasteiger partial charge on any atom is 0.145 e. The smallest absolute Gasteiger partial charge is 0.145 e. The van der Waals surface area contributed by atoms with E-state index >= 15 is 0 Å². The molecule has 0 radical (unpaired) electrons. The van der Waals surface area contributed by atoms with Crippen LogP contribution in [0.2, 0.25) is 0 Å². The van der Waals surface area contributed by atoms with Crippen LogP contribution in [0.15, 0.2) is 180 Å². The van der Waals surface area contributed by atoms with Crippen LogP contribution in [0.4, 0.5) is 0 Å². The second-order valence-electron chi connectivity index (χ2n) is 13.2. The van der Waals surface area contributed by atoms with Gasteiger partial charge in [-0.05, 0) is 71.8 Å². The molecule has 0 saturated carbocycles. The number of aromatic nitrogens is 3. The highest BCUT2D eigenvalue weighted by Gasteiger charge is 2.20. The van der Waals surface area contributed by atoms with Crippen molar-refractivity contribution in [3.8, 4) is 33.9 Å². The number of hydrogen-bond donors (Lipinski definition) is 0. The van der Waals surface area contributed by atoms with Crippen LogP contribution in [0.25, 0.3) is 99.4 Å². The van der Waals surface area contributed by atoms with Gasteiger partial charge in [0.25, 0.3) is 0 Å². The normalized spacial score (nSPS) is 11.9. The van der Waals surface area contributed by atoms with Gasteiger partial charge >= 0.3 is 0 Å². The third-order valence-electron chi connectivity index (χ3n) is 10.3. The molecule has 4 aromatic heterocycles. The Labute approximate surface area is 293 Å². The van der Waals surface area contributed by atoms with Crippen molar-refractivity contribution in [2.24, 2.45) is 0 Å². The Morgan fingerprint density at radius 3 is 1.82 bits per heavy atom. The van der Waals surface area contributed by atoms with E-state index in [0.29, 0.717) is 0 Å². The molecule has 51 heavy (non-hydrogen) atoms. The highest BCUT2D eigenvalue weighted by Crippen LogP contribution is 2.42. The fourth-order valence-corrected chi connectivity index (χ4v) is 8.04. The Morgan fingerprint density at radius 2 is 1.02 bits per heavy atom. The first-order chi connectivity index (χ1) is 25.3. The third-order valence-corrected chi connectivity index (χ3v) is 10.3. The van der Waals surface area contributed by atoms with E-state index in [1.807, 2.05) is 12.1 Å². The first-order valence-electron chi connectivity index (χ1n) is 17.3. The third kappa shape index (κ3) is 4.17. The van der Waals surface area contributed by atoms with Crippen LogP contribution in [0.3, 0.4) is 0 Å². The van der Waals surface area contributed by atoms with Crippen molar-refractivity contribution in [1.82, 2.24) is 14.1 Å². The van der Waals surface area contributed by atoms with Gasteiger partial charge in [0.15, 0.2) is 0 Å². The fraction of sp³-hybridized carbons (Fsp3) is 0. The van der Waals surface area contributed by atoms with E-state index in [1.165, 1.54) is 16.2 Å². The number of rotatable bonds is 4. The minimum absolute atomic E-state index is 0.887. The number of pyridine rings is 1. The Kier molecular flexibility index (Phi) is 5.92. The van der Waals surface area contributed by atoms with E-state index in [1.54, 1.807) is 0 Å². The van der Waals surface area contributed by atoms with Gasteiger partial charge in [-0.3, -0.25) is 4.57 Å². The Hall–Kier alpha value is -6.91. The molecule has 11 rings (SSSR count). The SMILES string of the molecule is c1ccc(-c2cc(-c3ccccc3)nc(-n3c4ccccc4c4cc(-n5c6ccccc6c6c7oc8ccccc8c7ccc65)ccc43)c2)cc1. The fourth-order valence-electron chi connectivity index (χ4n) is 8.04. The van der Waals surface area contributed by atoms with Crippen molar-refractivity contribution in [1.29, 1.82) is 0 Å². The molecule has 0 fully saturated rings. The number of nitrogens with zero attached hydrogens (tertiary/aromatic N) is 3. The van der Waals surface area contributed by atoms with Gasteiger partial charge < -0.3 is 8.98 Å². The molecule has 11 aromatic rings. The molecule has 4 nitrogen and oxygen atoms in total. The summed E-state index contributed by atoms with van der Waals surface area (Å²) in [6.07, 6.45) is 0. The minimum Gasteiger partial charge on any atom is -0.455 e. The summed E-state index contributed by atoms with van der Waals surface area (Å²) in [6, 6.07) is 62.3. The highest BCUT2D eigenvalue weighted by atomic mass is 16.3. The summed E-state index contributed by atoms with van der Waals surface area (Å²) in [4.78, 5) is 5.32. The summed E-state index contributed by atoms with van der Waals surface area (Å²) in [6.45, 7) is 0. The first kappa shape index (κ1) is 28.0. The minimum atomic E-state index is 0.887. The number of fused-ring (bicyclic) bond motifs is 10. The second-order valence-corrected chi connectivity index (χ2v) is 13.2. The first-order valence-corrected chi connectivity index (χ1v) is 17.3. The molecule has 0 N–H and O–H groups in total. The molecular formula is C47H29N3O. The standard InChI is InChI=1S/C47H29N3O/c1-3-13-30(14-4-1)32-27-39(31-15-5-2-6-16-31)48-45(28-32)50-40-20-10-7-17-34(40)38-29-33(23-25-42(38)50)49-41-21-11-8-19-37(41)46-43(49)26-24-36-35-18-9-12-22-44(35)51-47(36)46/h1-29H. The molecule has 0 unspecified atom stereocenters. The van der Waals surface area contributed by atoms with Gasteiger partial charge in [-0.1, -0.05) is 115 Å². The summed E-state index contributed by atoms with van der Waals surface area (Å²) in [5, 5.41) is 6.95. The zero-order valence-electron chi connectivity index (χ0n) is 27.5. The molecule has 0 aliphatic heterocycles. The van der Waals surface area contributed by atoms with Crippen LogP contribution in [0, 0.1) is 0 Å². The largest absolute Gasteiger partial charge is 0.455 e. The van der Waals surface area contributed by atoms with Gasteiger partial charge in [-0.25, -0.2) is 4.98 Å². The van der Waals surface area contributed by atoms with Gasteiger partial charge in [-0.2, -0.15) is 0 Å². The molecule has 0 atom stereocenters. The molecule has 0 bridgehead atoms. The van der Waals surface area contributed by atoms with Gasteiger partial charge in [0.1, 0.15) is 17.0 Å². The average Bonchev–Trinajstić information content (AvgIpc) is 3.86. The van der Waals surface area contributed by atoms with Crippen LogP contribution in [0.5, 0.6) is 0 Å². The monoisotopic (exact) mass is 651 g/mol. The molecule has 0 saturated heterocycles. The van der Waals surface area contributed by atoms with Gasteiger partial charge in [-0.15, -0.1) is 0 Å². The van der Waals surface area contributed by atoms with Crippen molar-refractivity contribution in [3.63, 3.8) is 0 Å². The lowest BCUT2D eigenvalue weighted by atomic mass is 10.0. The van der Waals surface area contributed by atoms with Crippen molar-refractivity contribution >= 4 is 65.6 Å². The molecule has 7 aromatic carbocycles. The van der Waals surface area contributed by atoms with E-state index in [4.69, 9.17) is 9.40 Å². The Balaban J connectivity index is 1.18. The van der Waals surface area contributed by atoms with E-state index in [0.717, 1.165) is 83.3 Å². The lowest BCUT2D eigenvalue weighted by Gasteiger charge is -2.13. The van der Waals surface area contributed by atoms with Crippen LogP contribution in [-0.2, 0) is 0 Å². The molecule has 0 aliphatic carbocycles. The van der Waals surface area contributed by atoms with Crippen molar-refractivity contribution in [3.05, 3.63) is 176 Å². The summed E-state index contributed by atoms with van der Waals surface area (Å²) < 4.78 is 11.3. The van der Waals surface area contributed by atoms with E-state index in [9.17, 15) is 0 Å². The van der Waals surface area contributed by atoms with Gasteiger partial charge in [0.05, 0.1) is 33.1 Å². The van der Waals surface area contributed by atoms with Crippen LogP contribution in [-0.4, -0.2) is 14.1 Å². The Bertz CT molecular complexity index is 3070. The van der Waals surface area contributed by atoms with Gasteiger partial charge in [0.2, 0.25) is 0 Å². The predicted molar refractivity (Wildman–Crippen MR) is 211 cm³/mol. The molecule has 0 aliphatic rings. The van der Waals surface area contributed by atoms with Crippen molar-refractivity contribution < 1.29 is 4.42 Å². The average molecular weight is 652 g/mol. The molecule has 4 heterocycles. The van der Waals surface area contributed by atoms with Gasteiger partial charge in [0, 0.05) is 38.2 Å². The number of benzene rings is 7. The molecule has 0 spiro atoms. The quantitative estimate of drug-likeness (QED) is 0.190. The summed E-state index contributed by atoms with van der Waals surface area (Å²) in [5.74, 6) is 0.887. The summed E-state index contributed by atoms with van der Waals surface area (Å²) in [7, 11) is 0. The predicted octanol–water partition coefficient (Wildman–Crippen LogP) is 12.5. The molecular weight excluding hydrogens is 623 g/mol. The topological polar surface area (TPSA) is 35.9 Å². The zero-order chi connectivity index (χ0) is 33.5. The number of para-hydroxylation sites is 3. The number of furan rings is 1. The maximum absolute atomic E-state index is 6.56. The van der Waals surface area contributed by atoms with Crippen molar-refractivity contribution in [2.45, 2.75) is 0 Å². The summed E-state index contributed by atoms with van der Waals surface area (Å²) >= 11 is 0. The van der Waals surface area contributed by atoms with Crippen LogP contribution >= 0.6 is 0 Å². The van der Waals surface area contributed by atoms with E-state index in [-0.39, 0.29) is 0 Å². The lowest BCUT2D eigenvalue weighted by molar-refractivity contribution is 0.673. The van der Waals surface area contributed by atoms with Crippen LogP contribution in [0.1, 0.15) is 0 Å². The molecule has 238 valence electrons. The maximum atomic E-state index is 6.56. The second kappa shape index (κ2) is 10.8. The number of hydrogen-bond acceptors (Lipinski definition) is 2. The van der Waals surface area contributed by atoms with E-state index < -0.39 is 0 Å². The summed E-state index contributed by atoms with van der Waals surface area (Å²) in [5.41, 5.74) is 11.7. The lowest BCUT2D eigenvalue weighted by Crippen LogP contribution is -2.00.